The van der Waals surface area contributed by atoms with Gasteiger partial charge in [0.15, 0.2) is 6.10 Å². The molecule has 2 atom stereocenters. The highest BCUT2D eigenvalue weighted by Gasteiger charge is 2.24. The van der Waals surface area contributed by atoms with E-state index in [0.717, 1.165) is 12.8 Å². The molecule has 0 saturated carbocycles. The number of ether oxygens (including phenoxy) is 2. The van der Waals surface area contributed by atoms with Crippen LogP contribution in [0.25, 0.3) is 0 Å². The molecule has 0 fully saturated rings. The quantitative estimate of drug-likeness (QED) is 0.205. The number of rotatable bonds is 21. The lowest BCUT2D eigenvalue weighted by molar-refractivity contribution is -0.159. The zero-order valence-electron chi connectivity index (χ0n) is 18.5. The number of methoxy groups -OCH3 is 1. The lowest BCUT2D eigenvalue weighted by atomic mass is 10.0. The molecule has 0 aliphatic heterocycles. The molecule has 0 saturated heterocycles. The maximum absolute atomic E-state index is 11.1. The van der Waals surface area contributed by atoms with Crippen LogP contribution in [-0.4, -0.2) is 48.7 Å². The second-order valence-electron chi connectivity index (χ2n) is 7.91. The summed E-state index contributed by atoms with van der Waals surface area (Å²) in [5, 5.41) is 19.0. The average molecular weight is 403 g/mol. The summed E-state index contributed by atoms with van der Waals surface area (Å²) in [6, 6.07) is 0. The van der Waals surface area contributed by atoms with Crippen molar-refractivity contribution in [3.63, 3.8) is 0 Å². The minimum atomic E-state index is -1.53. The van der Waals surface area contributed by atoms with E-state index >= 15 is 0 Å². The van der Waals surface area contributed by atoms with Gasteiger partial charge in [-0.1, -0.05) is 103 Å². The first-order chi connectivity index (χ1) is 13.6. The predicted octanol–water partition coefficient (Wildman–Crippen LogP) is 5.16. The van der Waals surface area contributed by atoms with Crippen molar-refractivity contribution in [2.75, 3.05) is 20.3 Å². The Morgan fingerprint density at radius 1 is 0.714 bits per heavy atom. The van der Waals surface area contributed by atoms with Gasteiger partial charge in [-0.25, -0.2) is 4.79 Å². The number of aliphatic hydroxyl groups excluding tert-OH is 2. The van der Waals surface area contributed by atoms with E-state index in [9.17, 15) is 15.0 Å². The Kier molecular flexibility index (Phi) is 20.6. The van der Waals surface area contributed by atoms with Crippen molar-refractivity contribution in [1.29, 1.82) is 0 Å². The fraction of sp³-hybridized carbons (Fsp3) is 0.957. The fourth-order valence-electron chi connectivity index (χ4n) is 3.33. The smallest absolute Gasteiger partial charge is 0.337 e. The first kappa shape index (κ1) is 27.4. The Morgan fingerprint density at radius 2 is 1.11 bits per heavy atom. The third-order valence-electron chi connectivity index (χ3n) is 5.24. The number of aliphatic hydroxyl groups is 2. The van der Waals surface area contributed by atoms with Crippen LogP contribution in [0.15, 0.2) is 0 Å². The Hall–Kier alpha value is -0.650. The number of unbranched alkanes of at least 4 members (excludes halogenated alkanes) is 15. The highest BCUT2D eigenvalue weighted by Crippen LogP contribution is 2.13. The highest BCUT2D eigenvalue weighted by atomic mass is 16.5. The largest absolute Gasteiger partial charge is 0.467 e. The van der Waals surface area contributed by atoms with Gasteiger partial charge in [-0.05, 0) is 6.42 Å². The topological polar surface area (TPSA) is 76.0 Å². The van der Waals surface area contributed by atoms with Gasteiger partial charge in [0.25, 0.3) is 0 Å². The molecule has 0 amide bonds. The molecule has 0 aliphatic rings. The van der Waals surface area contributed by atoms with Crippen molar-refractivity contribution in [3.8, 4) is 0 Å². The molecule has 28 heavy (non-hydrogen) atoms. The number of hydrogen-bond donors (Lipinski definition) is 2. The van der Waals surface area contributed by atoms with E-state index in [-0.39, 0.29) is 6.61 Å². The Labute approximate surface area is 173 Å². The van der Waals surface area contributed by atoms with Crippen molar-refractivity contribution in [1.82, 2.24) is 0 Å². The third-order valence-corrected chi connectivity index (χ3v) is 5.24. The molecule has 0 aromatic carbocycles. The minimum Gasteiger partial charge on any atom is -0.467 e. The zero-order valence-corrected chi connectivity index (χ0v) is 18.5. The normalized spacial score (nSPS) is 13.4. The molecule has 2 unspecified atom stereocenters. The Bertz CT molecular complexity index is 335. The molecule has 0 aromatic rings. The highest BCUT2D eigenvalue weighted by molar-refractivity contribution is 5.74. The molecule has 168 valence electrons. The van der Waals surface area contributed by atoms with Gasteiger partial charge in [-0.15, -0.1) is 0 Å². The van der Waals surface area contributed by atoms with Crippen LogP contribution in [0.4, 0.5) is 0 Å². The van der Waals surface area contributed by atoms with E-state index in [1.165, 1.54) is 97.0 Å². The molecule has 0 radical (unpaired) electrons. The summed E-state index contributed by atoms with van der Waals surface area (Å²) in [5.74, 6) is -0.835. The van der Waals surface area contributed by atoms with Crippen LogP contribution in [0.2, 0.25) is 0 Å². The van der Waals surface area contributed by atoms with Gasteiger partial charge in [0.2, 0.25) is 0 Å². The summed E-state index contributed by atoms with van der Waals surface area (Å²) in [7, 11) is 1.18. The van der Waals surface area contributed by atoms with E-state index in [1.807, 2.05) is 0 Å². The standard InChI is InChI=1S/C23H46O5/c1-3-4-5-6-7-8-9-10-11-12-13-14-15-16-17-18-19-28-20-21(24)22(25)23(26)27-2/h21-22,24-25H,3-20H2,1-2H3. The van der Waals surface area contributed by atoms with Crippen molar-refractivity contribution in [2.45, 2.75) is 122 Å². The summed E-state index contributed by atoms with van der Waals surface area (Å²) in [6.45, 7) is 2.77. The van der Waals surface area contributed by atoms with E-state index in [4.69, 9.17) is 4.74 Å². The third kappa shape index (κ3) is 17.4. The first-order valence-corrected chi connectivity index (χ1v) is 11.6. The second kappa shape index (κ2) is 21.1. The number of carbonyl (C=O) groups excluding carboxylic acids is 1. The molecule has 5 nitrogen and oxygen atoms in total. The van der Waals surface area contributed by atoms with Gasteiger partial charge in [0.1, 0.15) is 6.10 Å². The van der Waals surface area contributed by atoms with E-state index in [0.29, 0.717) is 6.61 Å². The van der Waals surface area contributed by atoms with E-state index in [2.05, 4.69) is 11.7 Å². The predicted molar refractivity (Wildman–Crippen MR) is 114 cm³/mol. The van der Waals surface area contributed by atoms with Crippen molar-refractivity contribution < 1.29 is 24.5 Å². The van der Waals surface area contributed by atoms with Gasteiger partial charge < -0.3 is 19.7 Å². The lowest BCUT2D eigenvalue weighted by Crippen LogP contribution is -2.38. The fourth-order valence-corrected chi connectivity index (χ4v) is 3.33. The van der Waals surface area contributed by atoms with Crippen LogP contribution >= 0.6 is 0 Å². The van der Waals surface area contributed by atoms with Crippen molar-refractivity contribution in [2.24, 2.45) is 0 Å². The van der Waals surface area contributed by atoms with E-state index < -0.39 is 18.2 Å². The van der Waals surface area contributed by atoms with Gasteiger partial charge >= 0.3 is 5.97 Å². The first-order valence-electron chi connectivity index (χ1n) is 11.6. The molecule has 0 spiro atoms. The Morgan fingerprint density at radius 3 is 1.50 bits per heavy atom. The van der Waals surface area contributed by atoms with E-state index in [1.54, 1.807) is 0 Å². The van der Waals surface area contributed by atoms with Crippen LogP contribution in [0.3, 0.4) is 0 Å². The summed E-state index contributed by atoms with van der Waals surface area (Å²) in [6.07, 6.45) is 18.5. The molecule has 0 aromatic heterocycles. The molecule has 2 N–H and O–H groups in total. The van der Waals surface area contributed by atoms with Crippen LogP contribution in [0.5, 0.6) is 0 Å². The molecule has 0 bridgehead atoms. The SMILES string of the molecule is CCCCCCCCCCCCCCCCCCOCC(O)C(O)C(=O)OC. The van der Waals surface area contributed by atoms with Gasteiger partial charge in [-0.3, -0.25) is 0 Å². The molecule has 0 rings (SSSR count). The Balaban J connectivity index is 3.19. The van der Waals surface area contributed by atoms with Crippen LogP contribution in [0.1, 0.15) is 110 Å². The van der Waals surface area contributed by atoms with Crippen LogP contribution in [-0.2, 0) is 14.3 Å². The summed E-state index contributed by atoms with van der Waals surface area (Å²) >= 11 is 0. The summed E-state index contributed by atoms with van der Waals surface area (Å²) in [4.78, 5) is 11.1. The number of esters is 1. The maximum atomic E-state index is 11.1. The van der Waals surface area contributed by atoms with Crippen LogP contribution < -0.4 is 0 Å². The molecule has 0 heterocycles. The van der Waals surface area contributed by atoms with Crippen LogP contribution in [0, 0.1) is 0 Å². The summed E-state index contributed by atoms with van der Waals surface area (Å²) < 4.78 is 9.68. The second-order valence-corrected chi connectivity index (χ2v) is 7.91. The monoisotopic (exact) mass is 402 g/mol. The van der Waals surface area contributed by atoms with Crippen molar-refractivity contribution >= 4 is 5.97 Å². The molecular formula is C23H46O5. The molecule has 0 aliphatic carbocycles. The van der Waals surface area contributed by atoms with Gasteiger partial charge in [-0.2, -0.15) is 0 Å². The molecule has 5 heteroatoms. The van der Waals surface area contributed by atoms with Gasteiger partial charge in [0.05, 0.1) is 13.7 Å². The minimum absolute atomic E-state index is 0.0466. The van der Waals surface area contributed by atoms with Gasteiger partial charge in [0, 0.05) is 6.61 Å². The summed E-state index contributed by atoms with van der Waals surface area (Å²) in [5.41, 5.74) is 0. The molecular weight excluding hydrogens is 356 g/mol. The number of hydrogen-bond acceptors (Lipinski definition) is 5. The number of carbonyl (C=O) groups is 1. The zero-order chi connectivity index (χ0) is 20.9. The maximum Gasteiger partial charge on any atom is 0.337 e. The lowest BCUT2D eigenvalue weighted by Gasteiger charge is -2.15. The average Bonchev–Trinajstić information content (AvgIpc) is 2.71. The van der Waals surface area contributed by atoms with Crippen molar-refractivity contribution in [3.05, 3.63) is 0 Å².